The third kappa shape index (κ3) is 4.89. The highest BCUT2D eigenvalue weighted by Crippen LogP contribution is 2.34. The van der Waals surface area contributed by atoms with Crippen molar-refractivity contribution < 1.29 is 4.74 Å². The van der Waals surface area contributed by atoms with E-state index in [0.717, 1.165) is 75.5 Å². The van der Waals surface area contributed by atoms with Crippen LogP contribution in [-0.4, -0.2) is 32.5 Å². The maximum Gasteiger partial charge on any atom is 0.191 e. The van der Waals surface area contributed by atoms with Gasteiger partial charge in [-0.1, -0.05) is 84.0 Å². The molecule has 0 spiro atoms. The minimum atomic E-state index is 0.163. The molecule has 0 saturated carbocycles. The van der Waals surface area contributed by atoms with Crippen LogP contribution in [0, 0.1) is 0 Å². The van der Waals surface area contributed by atoms with Crippen LogP contribution in [0.5, 0.6) is 0 Å². The van der Waals surface area contributed by atoms with E-state index in [-0.39, 0.29) is 6.10 Å². The zero-order valence-corrected chi connectivity index (χ0v) is 21.3. The van der Waals surface area contributed by atoms with Crippen LogP contribution in [-0.2, 0) is 17.0 Å². The number of nitrogens with zero attached hydrogens (tertiary/aromatic N) is 4. The van der Waals surface area contributed by atoms with Crippen LogP contribution in [0.15, 0.2) is 90.1 Å². The average Bonchev–Trinajstić information content (AvgIpc) is 3.59. The van der Waals surface area contributed by atoms with E-state index in [1.807, 2.05) is 42.5 Å². The van der Waals surface area contributed by atoms with Crippen LogP contribution in [0.2, 0.25) is 5.02 Å². The molecule has 1 aliphatic rings. The molecule has 0 amide bonds. The smallest absolute Gasteiger partial charge is 0.191 e. The predicted molar refractivity (Wildman–Crippen MR) is 146 cm³/mol. The second kappa shape index (κ2) is 10.4. The monoisotopic (exact) mass is 512 g/mol. The first-order valence-corrected chi connectivity index (χ1v) is 13.5. The first-order chi connectivity index (χ1) is 17.7. The standard InChI is InChI=1S/C29H25ClN4OS/c30-22-14-12-20(13-15-22)19-36-29-33-32-28(34(29)18-23-9-6-16-35-23)25-17-27(21-7-2-1-3-8-21)31-26-11-5-4-10-24(25)26/h1-5,7-8,10-15,17,23H,6,9,16,18-19H2. The van der Waals surface area contributed by atoms with E-state index < -0.39 is 0 Å². The zero-order chi connectivity index (χ0) is 24.3. The van der Waals surface area contributed by atoms with Gasteiger partial charge in [0.2, 0.25) is 0 Å². The van der Waals surface area contributed by atoms with Crippen LogP contribution in [0.4, 0.5) is 0 Å². The van der Waals surface area contributed by atoms with Crippen molar-refractivity contribution in [3.8, 4) is 22.6 Å². The summed E-state index contributed by atoms with van der Waals surface area (Å²) in [5.41, 5.74) is 5.16. The lowest BCUT2D eigenvalue weighted by molar-refractivity contribution is 0.0953. The maximum atomic E-state index is 6.07. The summed E-state index contributed by atoms with van der Waals surface area (Å²) in [6, 6.07) is 28.6. The van der Waals surface area contributed by atoms with Crippen molar-refractivity contribution in [3.05, 3.63) is 95.5 Å². The van der Waals surface area contributed by atoms with Gasteiger partial charge >= 0.3 is 0 Å². The first kappa shape index (κ1) is 23.2. The van der Waals surface area contributed by atoms with E-state index in [4.69, 9.17) is 26.4 Å². The van der Waals surface area contributed by atoms with E-state index in [1.54, 1.807) is 11.8 Å². The number of para-hydroxylation sites is 1. The van der Waals surface area contributed by atoms with E-state index in [2.05, 4.69) is 52.1 Å². The van der Waals surface area contributed by atoms with Crippen LogP contribution in [0.1, 0.15) is 18.4 Å². The summed E-state index contributed by atoms with van der Waals surface area (Å²) in [6.07, 6.45) is 2.30. The fourth-order valence-corrected chi connectivity index (χ4v) is 5.63. The van der Waals surface area contributed by atoms with Gasteiger partial charge in [-0.15, -0.1) is 10.2 Å². The highest BCUT2D eigenvalue weighted by atomic mass is 35.5. The Kier molecular flexibility index (Phi) is 6.73. The van der Waals surface area contributed by atoms with Gasteiger partial charge in [0.05, 0.1) is 23.9 Å². The van der Waals surface area contributed by atoms with Crippen molar-refractivity contribution in [1.29, 1.82) is 0 Å². The number of halogens is 1. The minimum absolute atomic E-state index is 0.163. The SMILES string of the molecule is Clc1ccc(CSc2nnc(-c3cc(-c4ccccc4)nc4ccccc34)n2CC2CCCO2)cc1. The van der Waals surface area contributed by atoms with E-state index in [0.29, 0.717) is 0 Å². The molecule has 1 unspecified atom stereocenters. The molecule has 0 bridgehead atoms. The summed E-state index contributed by atoms with van der Waals surface area (Å²) in [6.45, 7) is 1.54. The van der Waals surface area contributed by atoms with Crippen LogP contribution < -0.4 is 0 Å². The molecular weight excluding hydrogens is 488 g/mol. The topological polar surface area (TPSA) is 52.8 Å². The molecule has 6 rings (SSSR count). The maximum absolute atomic E-state index is 6.07. The molecule has 3 heterocycles. The number of aromatic nitrogens is 4. The molecule has 2 aromatic heterocycles. The lowest BCUT2D eigenvalue weighted by Gasteiger charge is -2.16. The van der Waals surface area contributed by atoms with Crippen LogP contribution in [0.3, 0.4) is 0 Å². The van der Waals surface area contributed by atoms with Gasteiger partial charge in [-0.25, -0.2) is 4.98 Å². The normalized spacial score (nSPS) is 15.5. The number of rotatable bonds is 7. The fourth-order valence-electron chi connectivity index (χ4n) is 4.60. The largest absolute Gasteiger partial charge is 0.376 e. The molecule has 0 aliphatic carbocycles. The number of fused-ring (bicyclic) bond motifs is 1. The van der Waals surface area contributed by atoms with E-state index >= 15 is 0 Å². The summed E-state index contributed by atoms with van der Waals surface area (Å²) in [5, 5.41) is 12.1. The average molecular weight is 513 g/mol. The third-order valence-electron chi connectivity index (χ3n) is 6.43. The van der Waals surface area contributed by atoms with Gasteiger partial charge in [0.25, 0.3) is 0 Å². The molecule has 1 atom stereocenters. The molecule has 5 aromatic rings. The minimum Gasteiger partial charge on any atom is -0.376 e. The van der Waals surface area contributed by atoms with Crippen molar-refractivity contribution in [2.75, 3.05) is 6.61 Å². The molecule has 7 heteroatoms. The lowest BCUT2D eigenvalue weighted by atomic mass is 10.0. The number of ether oxygens (including phenoxy) is 1. The molecule has 1 saturated heterocycles. The van der Waals surface area contributed by atoms with Crippen molar-refractivity contribution >= 4 is 34.3 Å². The van der Waals surface area contributed by atoms with Crippen molar-refractivity contribution in [2.24, 2.45) is 0 Å². The van der Waals surface area contributed by atoms with Gasteiger partial charge in [-0.05, 0) is 42.7 Å². The molecular formula is C29H25ClN4OS. The Labute approximate surface area is 219 Å². The second-order valence-electron chi connectivity index (χ2n) is 8.91. The predicted octanol–water partition coefficient (Wildman–Crippen LogP) is 7.29. The van der Waals surface area contributed by atoms with Gasteiger partial charge in [0.1, 0.15) is 0 Å². The van der Waals surface area contributed by atoms with Gasteiger partial charge < -0.3 is 4.74 Å². The number of benzene rings is 3. The molecule has 36 heavy (non-hydrogen) atoms. The summed E-state index contributed by atoms with van der Waals surface area (Å²) in [5.74, 6) is 1.63. The Hall–Kier alpha value is -3.19. The summed E-state index contributed by atoms with van der Waals surface area (Å²) < 4.78 is 8.25. The van der Waals surface area contributed by atoms with E-state index in [1.165, 1.54) is 5.56 Å². The first-order valence-electron chi connectivity index (χ1n) is 12.1. The number of thioether (sulfide) groups is 1. The van der Waals surface area contributed by atoms with Gasteiger partial charge in [-0.2, -0.15) is 0 Å². The van der Waals surface area contributed by atoms with E-state index in [9.17, 15) is 0 Å². The van der Waals surface area contributed by atoms with Crippen LogP contribution in [0.25, 0.3) is 33.5 Å². The number of hydrogen-bond acceptors (Lipinski definition) is 5. The molecule has 0 N–H and O–H groups in total. The van der Waals surface area contributed by atoms with Gasteiger partial charge in [0, 0.05) is 33.9 Å². The Bertz CT molecular complexity index is 1480. The van der Waals surface area contributed by atoms with Gasteiger partial charge in [0.15, 0.2) is 11.0 Å². The molecule has 3 aromatic carbocycles. The second-order valence-corrected chi connectivity index (χ2v) is 10.3. The fraction of sp³-hybridized carbons (Fsp3) is 0.207. The summed E-state index contributed by atoms with van der Waals surface area (Å²) in [4.78, 5) is 4.96. The Morgan fingerprint density at radius 1 is 0.944 bits per heavy atom. The van der Waals surface area contributed by atoms with Crippen molar-refractivity contribution in [1.82, 2.24) is 19.7 Å². The van der Waals surface area contributed by atoms with Gasteiger partial charge in [-0.3, -0.25) is 4.57 Å². The number of pyridine rings is 1. The Morgan fingerprint density at radius 3 is 2.56 bits per heavy atom. The Balaban J connectivity index is 1.44. The van der Waals surface area contributed by atoms with Crippen molar-refractivity contribution in [3.63, 3.8) is 0 Å². The third-order valence-corrected chi connectivity index (χ3v) is 7.72. The van der Waals surface area contributed by atoms with Crippen LogP contribution >= 0.6 is 23.4 Å². The molecule has 5 nitrogen and oxygen atoms in total. The summed E-state index contributed by atoms with van der Waals surface area (Å²) in [7, 11) is 0. The highest BCUT2D eigenvalue weighted by molar-refractivity contribution is 7.98. The quantitative estimate of drug-likeness (QED) is 0.214. The molecule has 0 radical (unpaired) electrons. The van der Waals surface area contributed by atoms with Crippen molar-refractivity contribution in [2.45, 2.75) is 36.4 Å². The lowest BCUT2D eigenvalue weighted by Crippen LogP contribution is -2.16. The number of hydrogen-bond donors (Lipinski definition) is 0. The zero-order valence-electron chi connectivity index (χ0n) is 19.7. The molecule has 1 fully saturated rings. The Morgan fingerprint density at radius 2 is 1.75 bits per heavy atom. The molecule has 180 valence electrons. The molecule has 1 aliphatic heterocycles. The highest BCUT2D eigenvalue weighted by Gasteiger charge is 2.23. The summed E-state index contributed by atoms with van der Waals surface area (Å²) >= 11 is 7.76.